The smallest absolute Gasteiger partial charge is 0.249 e. The van der Waals surface area contributed by atoms with E-state index in [0.29, 0.717) is 36.9 Å². The van der Waals surface area contributed by atoms with E-state index in [2.05, 4.69) is 5.32 Å². The molecule has 1 N–H and O–H groups in total. The van der Waals surface area contributed by atoms with Crippen LogP contribution in [-0.4, -0.2) is 43.0 Å². The van der Waals surface area contributed by atoms with Crippen LogP contribution in [0.3, 0.4) is 0 Å². The second kappa shape index (κ2) is 6.84. The minimum Gasteiger partial charge on any atom is -0.378 e. The van der Waals surface area contributed by atoms with Crippen molar-refractivity contribution in [1.82, 2.24) is 4.90 Å². The molecule has 104 valence electrons. The first-order chi connectivity index (χ1) is 9.70. The van der Waals surface area contributed by atoms with Gasteiger partial charge in [0, 0.05) is 25.2 Å². The van der Waals surface area contributed by atoms with Gasteiger partial charge in [0.1, 0.15) is 11.1 Å². The zero-order valence-corrected chi connectivity index (χ0v) is 11.5. The van der Waals surface area contributed by atoms with Crippen LogP contribution in [0.1, 0.15) is 5.56 Å². The van der Waals surface area contributed by atoms with Crippen molar-refractivity contribution in [3.8, 4) is 6.07 Å². The van der Waals surface area contributed by atoms with Crippen molar-refractivity contribution in [2.75, 3.05) is 31.6 Å². The normalized spacial score (nSPS) is 15.1. The molecule has 1 aromatic rings. The Morgan fingerprint density at radius 2 is 2.15 bits per heavy atom. The summed E-state index contributed by atoms with van der Waals surface area (Å²) in [4.78, 5) is 25.1. The summed E-state index contributed by atoms with van der Waals surface area (Å²) in [5.74, 6) is -0.638. The number of amides is 2. The molecule has 0 aromatic carbocycles. The molecule has 0 radical (unpaired) electrons. The second-order valence-corrected chi connectivity index (χ2v) is 4.95. The van der Waals surface area contributed by atoms with Gasteiger partial charge in [0.2, 0.25) is 11.8 Å². The number of morpholine rings is 1. The van der Waals surface area contributed by atoms with Crippen molar-refractivity contribution in [1.29, 1.82) is 5.26 Å². The average Bonchev–Trinajstić information content (AvgIpc) is 2.92. The highest BCUT2D eigenvalue weighted by atomic mass is 32.1. The van der Waals surface area contributed by atoms with Crippen molar-refractivity contribution in [3.63, 3.8) is 0 Å². The maximum absolute atomic E-state index is 11.8. The summed E-state index contributed by atoms with van der Waals surface area (Å²) in [5, 5.41) is 13.6. The Kier molecular flexibility index (Phi) is 4.87. The number of nitrogens with zero attached hydrogens (tertiary/aromatic N) is 2. The first-order valence-corrected chi connectivity index (χ1v) is 6.92. The molecular formula is C13H13N3O3S. The SMILES string of the molecule is N#Cc1ccsc1NC(=O)C=CC(=O)N1CCOCC1. The monoisotopic (exact) mass is 291 g/mol. The first-order valence-electron chi connectivity index (χ1n) is 6.04. The van der Waals surface area contributed by atoms with Crippen LogP contribution in [-0.2, 0) is 14.3 Å². The van der Waals surface area contributed by atoms with Crippen molar-refractivity contribution in [2.24, 2.45) is 0 Å². The third-order valence-electron chi connectivity index (χ3n) is 2.72. The van der Waals surface area contributed by atoms with Gasteiger partial charge >= 0.3 is 0 Å². The molecule has 7 heteroatoms. The van der Waals surface area contributed by atoms with Crippen LogP contribution in [0, 0.1) is 11.3 Å². The minimum absolute atomic E-state index is 0.213. The van der Waals surface area contributed by atoms with Crippen LogP contribution in [0.15, 0.2) is 23.6 Å². The largest absolute Gasteiger partial charge is 0.378 e. The van der Waals surface area contributed by atoms with Crippen LogP contribution in [0.5, 0.6) is 0 Å². The van der Waals surface area contributed by atoms with Crippen LogP contribution < -0.4 is 5.32 Å². The quantitative estimate of drug-likeness (QED) is 0.841. The maximum atomic E-state index is 11.8. The van der Waals surface area contributed by atoms with Crippen LogP contribution in [0.25, 0.3) is 0 Å². The standard InChI is InChI=1S/C13H13N3O3S/c14-9-10-3-8-20-13(10)15-11(17)1-2-12(18)16-4-6-19-7-5-16/h1-3,8H,4-7H2,(H,15,17). The summed E-state index contributed by atoms with van der Waals surface area (Å²) in [7, 11) is 0. The van der Waals surface area contributed by atoms with Crippen molar-refractivity contribution in [2.45, 2.75) is 0 Å². The fraction of sp³-hybridized carbons (Fsp3) is 0.308. The maximum Gasteiger partial charge on any atom is 0.249 e. The molecule has 0 atom stereocenters. The summed E-state index contributed by atoms with van der Waals surface area (Å²) in [6.07, 6.45) is 2.42. The third kappa shape index (κ3) is 3.66. The zero-order chi connectivity index (χ0) is 14.4. The molecule has 2 amide bonds. The molecule has 2 heterocycles. The van der Waals surface area contributed by atoms with E-state index >= 15 is 0 Å². The minimum atomic E-state index is -0.425. The lowest BCUT2D eigenvalue weighted by molar-refractivity contribution is -0.130. The van der Waals surface area contributed by atoms with Crippen molar-refractivity contribution >= 4 is 28.2 Å². The molecule has 0 bridgehead atoms. The third-order valence-corrected chi connectivity index (χ3v) is 3.55. The Labute approximate surface area is 120 Å². The van der Waals surface area contributed by atoms with E-state index in [-0.39, 0.29) is 5.91 Å². The molecule has 0 unspecified atom stereocenters. The van der Waals surface area contributed by atoms with Gasteiger partial charge in [-0.05, 0) is 11.4 Å². The molecule has 1 fully saturated rings. The van der Waals surface area contributed by atoms with Crippen LogP contribution in [0.2, 0.25) is 0 Å². The van der Waals surface area contributed by atoms with Gasteiger partial charge in [-0.15, -0.1) is 11.3 Å². The van der Waals surface area contributed by atoms with E-state index in [1.807, 2.05) is 6.07 Å². The summed E-state index contributed by atoms with van der Waals surface area (Å²) < 4.78 is 5.14. The lowest BCUT2D eigenvalue weighted by atomic mass is 10.3. The van der Waals surface area contributed by atoms with Gasteiger partial charge in [-0.3, -0.25) is 9.59 Å². The summed E-state index contributed by atoms with van der Waals surface area (Å²) in [6, 6.07) is 3.61. The average molecular weight is 291 g/mol. The summed E-state index contributed by atoms with van der Waals surface area (Å²) >= 11 is 1.26. The molecule has 1 aromatic heterocycles. The molecule has 1 aliphatic rings. The van der Waals surface area contributed by atoms with Gasteiger partial charge in [0.25, 0.3) is 0 Å². The fourth-order valence-electron chi connectivity index (χ4n) is 1.68. The number of hydrogen-bond acceptors (Lipinski definition) is 5. The highest BCUT2D eigenvalue weighted by molar-refractivity contribution is 7.14. The number of thiophene rings is 1. The van der Waals surface area contributed by atoms with Gasteiger partial charge in [-0.25, -0.2) is 0 Å². The molecule has 1 saturated heterocycles. The van der Waals surface area contributed by atoms with E-state index in [1.165, 1.54) is 23.5 Å². The Morgan fingerprint density at radius 1 is 1.40 bits per heavy atom. The summed E-state index contributed by atoms with van der Waals surface area (Å²) in [5.41, 5.74) is 0.413. The molecule has 1 aliphatic heterocycles. The second-order valence-electron chi connectivity index (χ2n) is 4.04. The molecule has 0 spiro atoms. The van der Waals surface area contributed by atoms with E-state index in [1.54, 1.807) is 16.3 Å². The number of ether oxygens (including phenoxy) is 1. The van der Waals surface area contributed by atoms with Crippen LogP contribution in [0.4, 0.5) is 5.00 Å². The molecular weight excluding hydrogens is 278 g/mol. The molecule has 0 saturated carbocycles. The predicted molar refractivity (Wildman–Crippen MR) is 74.2 cm³/mol. The van der Waals surface area contributed by atoms with E-state index < -0.39 is 5.91 Å². The van der Waals surface area contributed by atoms with Gasteiger partial charge < -0.3 is 15.0 Å². The van der Waals surface area contributed by atoms with E-state index in [4.69, 9.17) is 10.00 Å². The van der Waals surface area contributed by atoms with Crippen LogP contribution >= 0.6 is 11.3 Å². The number of carbonyl (C=O) groups is 2. The van der Waals surface area contributed by atoms with Crippen molar-refractivity contribution in [3.05, 3.63) is 29.2 Å². The number of nitriles is 1. The highest BCUT2D eigenvalue weighted by Crippen LogP contribution is 2.21. The number of nitrogens with one attached hydrogen (secondary N) is 1. The molecule has 6 nitrogen and oxygen atoms in total. The van der Waals surface area contributed by atoms with Gasteiger partial charge in [0.15, 0.2) is 0 Å². The van der Waals surface area contributed by atoms with Crippen molar-refractivity contribution < 1.29 is 14.3 Å². The predicted octanol–water partition coefficient (Wildman–Crippen LogP) is 0.973. The number of hydrogen-bond donors (Lipinski definition) is 1. The lowest BCUT2D eigenvalue weighted by Crippen LogP contribution is -2.39. The van der Waals surface area contributed by atoms with Gasteiger partial charge in [-0.1, -0.05) is 0 Å². The lowest BCUT2D eigenvalue weighted by Gasteiger charge is -2.25. The molecule has 2 rings (SSSR count). The van der Waals surface area contributed by atoms with E-state index in [0.717, 1.165) is 0 Å². The Hall–Kier alpha value is -2.17. The highest BCUT2D eigenvalue weighted by Gasteiger charge is 2.14. The van der Waals surface area contributed by atoms with E-state index in [9.17, 15) is 9.59 Å². The van der Waals surface area contributed by atoms with Gasteiger partial charge in [-0.2, -0.15) is 5.26 Å². The molecule has 0 aliphatic carbocycles. The Balaban J connectivity index is 1.89. The molecule has 20 heavy (non-hydrogen) atoms. The number of carbonyl (C=O) groups excluding carboxylic acids is 2. The first kappa shape index (κ1) is 14.2. The fourth-order valence-corrected chi connectivity index (χ4v) is 2.42. The Morgan fingerprint density at radius 3 is 2.85 bits per heavy atom. The summed E-state index contributed by atoms with van der Waals surface area (Å²) in [6.45, 7) is 2.11. The zero-order valence-electron chi connectivity index (χ0n) is 10.7. The number of rotatable bonds is 3. The topological polar surface area (TPSA) is 82.4 Å². The number of anilines is 1. The Bertz CT molecular complexity index is 568. The van der Waals surface area contributed by atoms with Gasteiger partial charge in [0.05, 0.1) is 18.8 Å².